The summed E-state index contributed by atoms with van der Waals surface area (Å²) in [5, 5.41) is 2.88. The first kappa shape index (κ1) is 10.3. The molecule has 13 heavy (non-hydrogen) atoms. The van der Waals surface area contributed by atoms with E-state index in [1.165, 1.54) is 0 Å². The minimum absolute atomic E-state index is 0.00405. The molecule has 0 aromatic rings. The highest BCUT2D eigenvalue weighted by Crippen LogP contribution is 2.24. The van der Waals surface area contributed by atoms with Gasteiger partial charge in [-0.2, -0.15) is 0 Å². The van der Waals surface area contributed by atoms with Gasteiger partial charge >= 0.3 is 6.03 Å². The van der Waals surface area contributed by atoms with Gasteiger partial charge in [-0.05, 0) is 6.92 Å². The summed E-state index contributed by atoms with van der Waals surface area (Å²) in [6.07, 6.45) is 0. The SMILES string of the molecule is CCN(C)C(=O)NCC1(C)COC1. The maximum absolute atomic E-state index is 11.3. The third-order valence-corrected chi connectivity index (χ3v) is 2.39. The van der Waals surface area contributed by atoms with Crippen LogP contribution in [0.15, 0.2) is 0 Å². The standard InChI is InChI=1S/C9H18N2O2/c1-4-11(3)8(12)10-5-9(2)6-13-7-9/h4-7H2,1-3H3,(H,10,12). The molecule has 4 nitrogen and oxygen atoms in total. The van der Waals surface area contributed by atoms with Crippen LogP contribution < -0.4 is 5.32 Å². The molecular weight excluding hydrogens is 168 g/mol. The minimum atomic E-state index is -0.00405. The fourth-order valence-corrected chi connectivity index (χ4v) is 1.12. The van der Waals surface area contributed by atoms with Crippen molar-refractivity contribution >= 4 is 6.03 Å². The Morgan fingerprint density at radius 2 is 2.23 bits per heavy atom. The summed E-state index contributed by atoms with van der Waals surface area (Å²) in [4.78, 5) is 13.0. The summed E-state index contributed by atoms with van der Waals surface area (Å²) in [5.74, 6) is 0. The zero-order valence-corrected chi connectivity index (χ0v) is 8.59. The van der Waals surface area contributed by atoms with Gasteiger partial charge in [0.15, 0.2) is 0 Å². The van der Waals surface area contributed by atoms with Gasteiger partial charge in [0.25, 0.3) is 0 Å². The van der Waals surface area contributed by atoms with E-state index in [0.29, 0.717) is 6.54 Å². The third-order valence-electron chi connectivity index (χ3n) is 2.39. The first-order valence-electron chi connectivity index (χ1n) is 4.64. The first-order chi connectivity index (χ1) is 6.07. The summed E-state index contributed by atoms with van der Waals surface area (Å²) < 4.78 is 5.09. The zero-order valence-electron chi connectivity index (χ0n) is 8.59. The van der Waals surface area contributed by atoms with Crippen LogP contribution in [-0.4, -0.2) is 44.3 Å². The Labute approximate surface area is 79.2 Å². The number of hydrogen-bond donors (Lipinski definition) is 1. The maximum Gasteiger partial charge on any atom is 0.317 e. The molecule has 4 heteroatoms. The van der Waals surface area contributed by atoms with Gasteiger partial charge in [0.2, 0.25) is 0 Å². The van der Waals surface area contributed by atoms with Crippen LogP contribution in [0, 0.1) is 5.41 Å². The van der Waals surface area contributed by atoms with E-state index >= 15 is 0 Å². The molecule has 0 saturated carbocycles. The fourth-order valence-electron chi connectivity index (χ4n) is 1.12. The average Bonchev–Trinajstić information content (AvgIpc) is 2.09. The van der Waals surface area contributed by atoms with Crippen molar-refractivity contribution in [2.24, 2.45) is 5.41 Å². The number of rotatable bonds is 3. The van der Waals surface area contributed by atoms with Crippen LogP contribution in [0.2, 0.25) is 0 Å². The van der Waals surface area contributed by atoms with Crippen molar-refractivity contribution in [2.45, 2.75) is 13.8 Å². The lowest BCUT2D eigenvalue weighted by Crippen LogP contribution is -2.50. The van der Waals surface area contributed by atoms with Crippen molar-refractivity contribution in [3.8, 4) is 0 Å². The average molecular weight is 186 g/mol. The summed E-state index contributed by atoms with van der Waals surface area (Å²) in [6.45, 7) is 7.01. The molecule has 1 N–H and O–H groups in total. The number of ether oxygens (including phenoxy) is 1. The second-order valence-electron chi connectivity index (χ2n) is 3.98. The van der Waals surface area contributed by atoms with Gasteiger partial charge in [0.05, 0.1) is 13.2 Å². The van der Waals surface area contributed by atoms with Crippen molar-refractivity contribution in [3.05, 3.63) is 0 Å². The van der Waals surface area contributed by atoms with Gasteiger partial charge in [0, 0.05) is 25.6 Å². The Morgan fingerprint density at radius 1 is 1.62 bits per heavy atom. The molecule has 1 rings (SSSR count). The van der Waals surface area contributed by atoms with Crippen molar-refractivity contribution < 1.29 is 9.53 Å². The molecule has 0 spiro atoms. The molecule has 2 amide bonds. The minimum Gasteiger partial charge on any atom is -0.380 e. The highest BCUT2D eigenvalue weighted by atomic mass is 16.5. The molecule has 0 atom stereocenters. The Kier molecular flexibility index (Phi) is 3.14. The predicted molar refractivity (Wildman–Crippen MR) is 50.6 cm³/mol. The number of nitrogens with zero attached hydrogens (tertiary/aromatic N) is 1. The summed E-state index contributed by atoms with van der Waals surface area (Å²) in [7, 11) is 1.79. The highest BCUT2D eigenvalue weighted by molar-refractivity contribution is 5.73. The molecule has 0 aromatic carbocycles. The molecule has 0 radical (unpaired) electrons. The van der Waals surface area contributed by atoms with Crippen LogP contribution in [0.5, 0.6) is 0 Å². The third kappa shape index (κ3) is 2.59. The summed E-state index contributed by atoms with van der Waals surface area (Å²) in [5.41, 5.74) is 0.157. The Balaban J connectivity index is 2.21. The molecule has 1 fully saturated rings. The molecule has 0 aromatic heterocycles. The maximum atomic E-state index is 11.3. The van der Waals surface area contributed by atoms with Crippen molar-refractivity contribution in [1.82, 2.24) is 10.2 Å². The van der Waals surface area contributed by atoms with Crippen LogP contribution in [0.3, 0.4) is 0 Å². The van der Waals surface area contributed by atoms with Gasteiger partial charge in [-0.3, -0.25) is 0 Å². The number of amides is 2. The van der Waals surface area contributed by atoms with Crippen molar-refractivity contribution in [2.75, 3.05) is 33.4 Å². The van der Waals surface area contributed by atoms with E-state index < -0.39 is 0 Å². The quantitative estimate of drug-likeness (QED) is 0.704. The van der Waals surface area contributed by atoms with Crippen LogP contribution in [0.1, 0.15) is 13.8 Å². The Hall–Kier alpha value is -0.770. The lowest BCUT2D eigenvalue weighted by Gasteiger charge is -2.38. The van der Waals surface area contributed by atoms with Crippen molar-refractivity contribution in [3.63, 3.8) is 0 Å². The van der Waals surface area contributed by atoms with E-state index in [2.05, 4.69) is 12.2 Å². The fraction of sp³-hybridized carbons (Fsp3) is 0.889. The summed E-state index contributed by atoms with van der Waals surface area (Å²) in [6, 6.07) is -0.00405. The number of urea groups is 1. The van der Waals surface area contributed by atoms with E-state index in [1.54, 1.807) is 11.9 Å². The van der Waals surface area contributed by atoms with E-state index in [4.69, 9.17) is 4.74 Å². The molecule has 76 valence electrons. The van der Waals surface area contributed by atoms with Gasteiger partial charge in [-0.25, -0.2) is 4.79 Å². The van der Waals surface area contributed by atoms with E-state index in [-0.39, 0.29) is 11.4 Å². The molecule has 0 aliphatic carbocycles. The predicted octanol–water partition coefficient (Wildman–Crippen LogP) is 0.684. The first-order valence-corrected chi connectivity index (χ1v) is 4.64. The van der Waals surface area contributed by atoms with Crippen LogP contribution >= 0.6 is 0 Å². The van der Waals surface area contributed by atoms with E-state index in [9.17, 15) is 4.79 Å². The number of hydrogen-bond acceptors (Lipinski definition) is 2. The second-order valence-corrected chi connectivity index (χ2v) is 3.98. The van der Waals surface area contributed by atoms with Crippen LogP contribution in [0.25, 0.3) is 0 Å². The van der Waals surface area contributed by atoms with E-state index in [0.717, 1.165) is 19.8 Å². The number of carbonyl (C=O) groups is 1. The Bertz CT molecular complexity index is 190. The smallest absolute Gasteiger partial charge is 0.317 e. The lowest BCUT2D eigenvalue weighted by molar-refractivity contribution is -0.0978. The van der Waals surface area contributed by atoms with Crippen LogP contribution in [-0.2, 0) is 4.74 Å². The lowest BCUT2D eigenvalue weighted by atomic mass is 9.89. The van der Waals surface area contributed by atoms with Crippen molar-refractivity contribution in [1.29, 1.82) is 0 Å². The van der Waals surface area contributed by atoms with Gasteiger partial charge < -0.3 is 15.0 Å². The molecule has 1 heterocycles. The van der Waals surface area contributed by atoms with E-state index in [1.807, 2.05) is 6.92 Å². The van der Waals surface area contributed by atoms with Gasteiger partial charge in [-0.15, -0.1) is 0 Å². The monoisotopic (exact) mass is 186 g/mol. The highest BCUT2D eigenvalue weighted by Gasteiger charge is 2.33. The molecule has 1 aliphatic rings. The topological polar surface area (TPSA) is 41.6 Å². The largest absolute Gasteiger partial charge is 0.380 e. The molecule has 1 saturated heterocycles. The normalized spacial score (nSPS) is 19.0. The zero-order chi connectivity index (χ0) is 9.90. The van der Waals surface area contributed by atoms with Gasteiger partial charge in [-0.1, -0.05) is 6.92 Å². The molecule has 1 aliphatic heterocycles. The summed E-state index contributed by atoms with van der Waals surface area (Å²) >= 11 is 0. The molecule has 0 unspecified atom stereocenters. The van der Waals surface area contributed by atoms with Crippen LogP contribution in [0.4, 0.5) is 4.79 Å². The van der Waals surface area contributed by atoms with Gasteiger partial charge in [0.1, 0.15) is 0 Å². The molecule has 0 bridgehead atoms. The number of carbonyl (C=O) groups excluding carboxylic acids is 1. The number of nitrogens with one attached hydrogen (secondary N) is 1. The Morgan fingerprint density at radius 3 is 2.62 bits per heavy atom. The molecular formula is C9H18N2O2. The second kappa shape index (κ2) is 3.96.